The van der Waals surface area contributed by atoms with Gasteiger partial charge in [-0.3, -0.25) is 4.79 Å². The van der Waals surface area contributed by atoms with Gasteiger partial charge in [-0.1, -0.05) is 42.5 Å². The van der Waals surface area contributed by atoms with Gasteiger partial charge in [0.2, 0.25) is 0 Å². The lowest BCUT2D eigenvalue weighted by atomic mass is 9.90. The highest BCUT2D eigenvalue weighted by molar-refractivity contribution is 5.77. The predicted octanol–water partition coefficient (Wildman–Crippen LogP) is 5.15. The summed E-state index contributed by atoms with van der Waals surface area (Å²) in [6, 6.07) is 17.5. The van der Waals surface area contributed by atoms with Crippen LogP contribution < -0.4 is 4.74 Å². The number of carbonyl (C=O) groups excluding carboxylic acids is 1. The van der Waals surface area contributed by atoms with E-state index in [1.807, 2.05) is 37.3 Å². The number of benzene rings is 3. The van der Waals surface area contributed by atoms with Crippen LogP contribution in [0.3, 0.4) is 0 Å². The Morgan fingerprint density at radius 2 is 1.80 bits per heavy atom. The van der Waals surface area contributed by atoms with Crippen LogP contribution in [-0.2, 0) is 40.4 Å². The molecule has 0 radical (unpaired) electrons. The fourth-order valence-electron chi connectivity index (χ4n) is 4.14. The lowest BCUT2D eigenvalue weighted by Gasteiger charge is -2.29. The van der Waals surface area contributed by atoms with E-state index < -0.39 is 12.1 Å². The number of ether oxygens (including phenoxy) is 2. The Morgan fingerprint density at radius 1 is 1.00 bits per heavy atom. The average molecular weight is 480 g/mol. The third kappa shape index (κ3) is 5.96. The second kappa shape index (κ2) is 11.0. The Bertz CT molecular complexity index is 1210. The number of nitrogens with zero attached hydrogens (tertiary/aromatic N) is 1. The van der Waals surface area contributed by atoms with Crippen molar-refractivity contribution in [3.63, 3.8) is 0 Å². The van der Waals surface area contributed by atoms with Gasteiger partial charge in [0.25, 0.3) is 0 Å². The average Bonchev–Trinajstić information content (AvgIpc) is 2.84. The molecule has 0 aromatic heterocycles. The zero-order valence-electron chi connectivity index (χ0n) is 19.3. The van der Waals surface area contributed by atoms with Gasteiger partial charge in [-0.15, -0.1) is 5.06 Å². The number of hydrogen-bond donors (Lipinski definition) is 1. The minimum Gasteiger partial charge on any atom is -0.493 e. The van der Waals surface area contributed by atoms with Crippen LogP contribution in [0.2, 0.25) is 0 Å². The summed E-state index contributed by atoms with van der Waals surface area (Å²) in [6.07, 6.45) is -0.654. The molecule has 3 aromatic carbocycles. The van der Waals surface area contributed by atoms with E-state index in [9.17, 15) is 19.1 Å². The van der Waals surface area contributed by atoms with Crippen LogP contribution >= 0.6 is 0 Å². The molecule has 0 bridgehead atoms. The lowest BCUT2D eigenvalue weighted by molar-refractivity contribution is -0.139. The van der Waals surface area contributed by atoms with Gasteiger partial charge in [-0.25, -0.2) is 9.18 Å². The molecule has 7 nitrogen and oxygen atoms in total. The van der Waals surface area contributed by atoms with Gasteiger partial charge < -0.3 is 19.4 Å². The summed E-state index contributed by atoms with van der Waals surface area (Å²) in [4.78, 5) is 28.9. The molecule has 3 aromatic rings. The first-order valence-corrected chi connectivity index (χ1v) is 11.4. The highest BCUT2D eigenvalue weighted by atomic mass is 19.1. The molecule has 8 heteroatoms. The SMILES string of the molecule is CCOc1ccc(CC(=O)O)cc1-c1ccc(F)c2c1CN(OC(=O)OCc1ccccc1)CC2. The molecule has 0 atom stereocenters. The Balaban J connectivity index is 1.58. The van der Waals surface area contributed by atoms with Crippen molar-refractivity contribution in [3.8, 4) is 16.9 Å². The summed E-state index contributed by atoms with van der Waals surface area (Å²) < 4.78 is 25.7. The molecule has 1 N–H and O–H groups in total. The summed E-state index contributed by atoms with van der Waals surface area (Å²) in [5.41, 5.74) is 3.98. The van der Waals surface area contributed by atoms with Crippen molar-refractivity contribution in [3.05, 3.63) is 88.7 Å². The lowest BCUT2D eigenvalue weighted by Crippen LogP contribution is -2.34. The van der Waals surface area contributed by atoms with E-state index in [-0.39, 0.29) is 25.4 Å². The standard InChI is InChI=1S/C27H26FNO6/c1-2-33-25-11-8-19(15-26(30)31)14-22(25)20-9-10-24(28)21-12-13-29(16-23(20)21)35-27(32)34-17-18-6-4-3-5-7-18/h3-11,14H,2,12-13,15-17H2,1H3,(H,30,31). The van der Waals surface area contributed by atoms with Crippen LogP contribution in [0.1, 0.15) is 29.2 Å². The molecule has 1 aliphatic rings. The number of carboxylic acid groups (broad SMARTS) is 1. The number of hydroxylamine groups is 2. The molecule has 4 rings (SSSR count). The molecule has 182 valence electrons. The van der Waals surface area contributed by atoms with Gasteiger partial charge in [0.05, 0.1) is 19.6 Å². The third-order valence-corrected chi connectivity index (χ3v) is 5.71. The Kier molecular flexibility index (Phi) is 7.62. The summed E-state index contributed by atoms with van der Waals surface area (Å²) in [7, 11) is 0. The molecular weight excluding hydrogens is 453 g/mol. The monoisotopic (exact) mass is 479 g/mol. The number of aliphatic carboxylic acids is 1. The molecule has 0 fully saturated rings. The van der Waals surface area contributed by atoms with Gasteiger partial charge in [0.1, 0.15) is 18.2 Å². The number of carboxylic acids is 1. The zero-order valence-corrected chi connectivity index (χ0v) is 19.3. The number of halogens is 1. The molecule has 0 unspecified atom stereocenters. The fraction of sp³-hybridized carbons (Fsp3) is 0.259. The first kappa shape index (κ1) is 24.2. The van der Waals surface area contributed by atoms with Crippen molar-refractivity contribution in [2.45, 2.75) is 32.9 Å². The molecular formula is C27H26FNO6. The summed E-state index contributed by atoms with van der Waals surface area (Å²) in [5.74, 6) is -0.722. The number of fused-ring (bicyclic) bond motifs is 1. The van der Waals surface area contributed by atoms with Gasteiger partial charge in [0.15, 0.2) is 0 Å². The third-order valence-electron chi connectivity index (χ3n) is 5.71. The van der Waals surface area contributed by atoms with Gasteiger partial charge in [0, 0.05) is 12.1 Å². The van der Waals surface area contributed by atoms with Crippen LogP contribution in [0.25, 0.3) is 11.1 Å². The van der Waals surface area contributed by atoms with Crippen LogP contribution in [0.5, 0.6) is 5.75 Å². The van der Waals surface area contributed by atoms with Gasteiger partial charge in [-0.2, -0.15) is 0 Å². The quantitative estimate of drug-likeness (QED) is 0.448. The molecule has 35 heavy (non-hydrogen) atoms. The highest BCUT2D eigenvalue weighted by Crippen LogP contribution is 2.38. The summed E-state index contributed by atoms with van der Waals surface area (Å²) in [5, 5.41) is 10.7. The molecule has 1 aliphatic heterocycles. The Labute approximate surface area is 202 Å². The minimum atomic E-state index is -0.949. The van der Waals surface area contributed by atoms with Crippen molar-refractivity contribution in [2.75, 3.05) is 13.2 Å². The normalized spacial score (nSPS) is 13.1. The molecule has 0 amide bonds. The smallest absolute Gasteiger partial charge is 0.493 e. The van der Waals surface area contributed by atoms with E-state index in [1.165, 1.54) is 11.1 Å². The van der Waals surface area contributed by atoms with E-state index in [0.29, 0.717) is 53.1 Å². The molecule has 0 saturated carbocycles. The van der Waals surface area contributed by atoms with Gasteiger partial charge in [-0.05, 0) is 59.4 Å². The summed E-state index contributed by atoms with van der Waals surface area (Å²) >= 11 is 0. The van der Waals surface area contributed by atoms with Crippen LogP contribution in [0.15, 0.2) is 60.7 Å². The molecule has 0 saturated heterocycles. The summed E-state index contributed by atoms with van der Waals surface area (Å²) in [6.45, 7) is 2.81. The molecule has 0 spiro atoms. The second-order valence-corrected chi connectivity index (χ2v) is 8.12. The predicted molar refractivity (Wildman–Crippen MR) is 126 cm³/mol. The van der Waals surface area contributed by atoms with Gasteiger partial charge >= 0.3 is 12.1 Å². The molecule has 1 heterocycles. The maximum atomic E-state index is 14.7. The Morgan fingerprint density at radius 3 is 2.54 bits per heavy atom. The largest absolute Gasteiger partial charge is 0.528 e. The maximum Gasteiger partial charge on any atom is 0.528 e. The van der Waals surface area contributed by atoms with Crippen LogP contribution in [0.4, 0.5) is 9.18 Å². The number of rotatable bonds is 8. The van der Waals surface area contributed by atoms with E-state index in [0.717, 1.165) is 5.56 Å². The second-order valence-electron chi connectivity index (χ2n) is 8.12. The Hall–Kier alpha value is -3.91. The maximum absolute atomic E-state index is 14.7. The van der Waals surface area contributed by atoms with Crippen molar-refractivity contribution in [2.24, 2.45) is 0 Å². The highest BCUT2D eigenvalue weighted by Gasteiger charge is 2.26. The van der Waals surface area contributed by atoms with E-state index >= 15 is 0 Å². The zero-order chi connectivity index (χ0) is 24.8. The van der Waals surface area contributed by atoms with E-state index in [2.05, 4.69) is 0 Å². The van der Waals surface area contributed by atoms with Crippen LogP contribution in [0, 0.1) is 5.82 Å². The number of hydrogen-bond acceptors (Lipinski definition) is 6. The number of carbonyl (C=O) groups is 2. The van der Waals surface area contributed by atoms with Crippen molar-refractivity contribution in [1.82, 2.24) is 5.06 Å². The molecule has 0 aliphatic carbocycles. The first-order valence-electron chi connectivity index (χ1n) is 11.4. The van der Waals surface area contributed by atoms with E-state index in [4.69, 9.17) is 14.3 Å². The van der Waals surface area contributed by atoms with Crippen LogP contribution in [-0.4, -0.2) is 35.4 Å². The van der Waals surface area contributed by atoms with Crippen molar-refractivity contribution < 1.29 is 33.4 Å². The van der Waals surface area contributed by atoms with Crippen molar-refractivity contribution >= 4 is 12.1 Å². The van der Waals surface area contributed by atoms with Crippen molar-refractivity contribution in [1.29, 1.82) is 0 Å². The first-order chi connectivity index (χ1) is 16.9. The minimum absolute atomic E-state index is 0.0814. The fourth-order valence-corrected chi connectivity index (χ4v) is 4.14. The van der Waals surface area contributed by atoms with E-state index in [1.54, 1.807) is 24.3 Å². The topological polar surface area (TPSA) is 85.3 Å².